The van der Waals surface area contributed by atoms with Gasteiger partial charge in [0.05, 0.1) is 7.11 Å². The highest BCUT2D eigenvalue weighted by Crippen LogP contribution is 2.27. The van der Waals surface area contributed by atoms with Gasteiger partial charge in [0.2, 0.25) is 0 Å². The zero-order valence-electron chi connectivity index (χ0n) is 8.32. The number of hydrogen-bond donors (Lipinski definition) is 0. The van der Waals surface area contributed by atoms with Gasteiger partial charge in [0.1, 0.15) is 5.75 Å². The van der Waals surface area contributed by atoms with E-state index in [9.17, 15) is 9.90 Å². The number of carbonyl (C=O) groups excluding carboxylic acids is 1. The first-order valence-corrected chi connectivity index (χ1v) is 4.54. The molecule has 1 rings (SSSR count). The van der Waals surface area contributed by atoms with E-state index in [0.29, 0.717) is 17.7 Å². The Kier molecular flexibility index (Phi) is 3.51. The van der Waals surface area contributed by atoms with Crippen molar-refractivity contribution in [2.24, 2.45) is 0 Å². The summed E-state index contributed by atoms with van der Waals surface area (Å²) in [5.41, 5.74) is 0.678. The fourth-order valence-corrected chi connectivity index (χ4v) is 1.47. The molecule has 0 aromatic heterocycles. The van der Waals surface area contributed by atoms with Crippen LogP contribution in [-0.4, -0.2) is 13.1 Å². The van der Waals surface area contributed by atoms with Gasteiger partial charge in [-0.2, -0.15) is 0 Å². The molecule has 3 nitrogen and oxygen atoms in total. The summed E-state index contributed by atoms with van der Waals surface area (Å²) in [5.74, 6) is -1.05. The number of rotatable bonds is 4. The van der Waals surface area contributed by atoms with Gasteiger partial charge in [0, 0.05) is 17.5 Å². The van der Waals surface area contributed by atoms with Crippen LogP contribution >= 0.6 is 0 Å². The predicted octanol–water partition coefficient (Wildman–Crippen LogP) is 0.939. The monoisotopic (exact) mass is 193 g/mol. The van der Waals surface area contributed by atoms with Crippen molar-refractivity contribution in [2.75, 3.05) is 7.11 Å². The number of carboxylic acids is 1. The summed E-state index contributed by atoms with van der Waals surface area (Å²) in [7, 11) is 1.53. The molecule has 3 heteroatoms. The Balaban J connectivity index is 3.08. The average Bonchev–Trinajstić information content (AvgIpc) is 2.19. The van der Waals surface area contributed by atoms with Gasteiger partial charge in [0.25, 0.3) is 0 Å². The predicted molar refractivity (Wildman–Crippen MR) is 51.0 cm³/mol. The molecule has 0 bridgehead atoms. The number of benzene rings is 1. The van der Waals surface area contributed by atoms with E-state index in [0.717, 1.165) is 0 Å². The Morgan fingerprint density at radius 1 is 1.50 bits per heavy atom. The molecular formula is C11H13O3-. The molecule has 0 heterocycles. The van der Waals surface area contributed by atoms with Crippen molar-refractivity contribution in [3.63, 3.8) is 0 Å². The fourth-order valence-electron chi connectivity index (χ4n) is 1.47. The second kappa shape index (κ2) is 4.65. The third-order valence-electron chi connectivity index (χ3n) is 2.21. The summed E-state index contributed by atoms with van der Waals surface area (Å²) in [5, 5.41) is 10.8. The maximum atomic E-state index is 10.8. The van der Waals surface area contributed by atoms with Crippen LogP contribution in [0.3, 0.4) is 0 Å². The summed E-state index contributed by atoms with van der Waals surface area (Å²) in [4.78, 5) is 10.8. The van der Waals surface area contributed by atoms with Crippen LogP contribution in [-0.2, 0) is 4.79 Å². The maximum absolute atomic E-state index is 10.8. The third-order valence-corrected chi connectivity index (χ3v) is 2.21. The Hall–Kier alpha value is -1.51. The van der Waals surface area contributed by atoms with Crippen molar-refractivity contribution in [1.82, 2.24) is 0 Å². The van der Waals surface area contributed by atoms with Gasteiger partial charge in [-0.15, -0.1) is 0 Å². The summed E-state index contributed by atoms with van der Waals surface area (Å²) in [6.07, 6.45) is 0.503. The van der Waals surface area contributed by atoms with E-state index >= 15 is 0 Å². The molecule has 1 aromatic carbocycles. The number of carbonyl (C=O) groups is 1. The molecule has 0 amide bonds. The highest BCUT2D eigenvalue weighted by Gasteiger charge is 2.14. The van der Waals surface area contributed by atoms with Gasteiger partial charge in [-0.25, -0.2) is 0 Å². The van der Waals surface area contributed by atoms with Crippen LogP contribution in [0, 0.1) is 0 Å². The summed E-state index contributed by atoms with van der Waals surface area (Å²) in [6.45, 7) is 1.81. The smallest absolute Gasteiger partial charge is 0.122 e. The zero-order chi connectivity index (χ0) is 10.6. The Labute approximate surface area is 83.3 Å². The molecule has 1 atom stereocenters. The quantitative estimate of drug-likeness (QED) is 0.715. The highest BCUT2D eigenvalue weighted by molar-refractivity contribution is 5.75. The lowest BCUT2D eigenvalue weighted by atomic mass is 9.96. The fraction of sp³-hybridized carbons (Fsp3) is 0.364. The van der Waals surface area contributed by atoms with Crippen LogP contribution < -0.4 is 9.84 Å². The molecule has 0 radical (unpaired) electrons. The second-order valence-electron chi connectivity index (χ2n) is 3.02. The van der Waals surface area contributed by atoms with E-state index in [1.54, 1.807) is 18.2 Å². The van der Waals surface area contributed by atoms with Crippen LogP contribution in [0.4, 0.5) is 0 Å². The number of carboxylic acid groups (broad SMARTS) is 1. The van der Waals surface area contributed by atoms with Gasteiger partial charge in [-0.1, -0.05) is 25.1 Å². The van der Waals surface area contributed by atoms with Gasteiger partial charge in [-0.3, -0.25) is 0 Å². The van der Waals surface area contributed by atoms with Crippen molar-refractivity contribution in [2.45, 2.75) is 19.3 Å². The van der Waals surface area contributed by atoms with E-state index in [1.165, 1.54) is 7.11 Å². The molecule has 0 saturated heterocycles. The highest BCUT2D eigenvalue weighted by atomic mass is 16.5. The lowest BCUT2D eigenvalue weighted by Crippen LogP contribution is -2.29. The first kappa shape index (κ1) is 10.6. The van der Waals surface area contributed by atoms with Gasteiger partial charge >= 0.3 is 0 Å². The SMILES string of the molecule is CCC(C(=O)[O-])c1ccccc1OC. The average molecular weight is 193 g/mol. The molecule has 1 aromatic rings. The van der Waals surface area contributed by atoms with E-state index < -0.39 is 11.9 Å². The molecule has 0 aliphatic rings. The number of para-hydroxylation sites is 1. The van der Waals surface area contributed by atoms with E-state index in [4.69, 9.17) is 4.74 Å². The number of ether oxygens (including phenoxy) is 1. The number of aliphatic carboxylic acids is 1. The Morgan fingerprint density at radius 2 is 2.14 bits per heavy atom. The topological polar surface area (TPSA) is 49.4 Å². The standard InChI is InChI=1S/C11H14O3/c1-3-8(11(12)13)9-6-4-5-7-10(9)14-2/h4-8H,3H2,1-2H3,(H,12,13)/p-1. The Bertz CT molecular complexity index is 320. The maximum Gasteiger partial charge on any atom is 0.122 e. The minimum absolute atomic E-state index is 0.503. The van der Waals surface area contributed by atoms with Crippen molar-refractivity contribution in [3.05, 3.63) is 29.8 Å². The van der Waals surface area contributed by atoms with Crippen molar-refractivity contribution in [1.29, 1.82) is 0 Å². The van der Waals surface area contributed by atoms with Gasteiger partial charge in [-0.05, 0) is 12.5 Å². The lowest BCUT2D eigenvalue weighted by molar-refractivity contribution is -0.308. The molecule has 0 fully saturated rings. The largest absolute Gasteiger partial charge is 0.549 e. The van der Waals surface area contributed by atoms with Crippen LogP contribution in [0.1, 0.15) is 24.8 Å². The number of methoxy groups -OCH3 is 1. The van der Waals surface area contributed by atoms with Crippen molar-refractivity contribution >= 4 is 5.97 Å². The molecule has 0 saturated carbocycles. The van der Waals surface area contributed by atoms with Crippen LogP contribution in [0.2, 0.25) is 0 Å². The first-order chi connectivity index (χ1) is 6.70. The Morgan fingerprint density at radius 3 is 2.64 bits per heavy atom. The van der Waals surface area contributed by atoms with Crippen molar-refractivity contribution < 1.29 is 14.6 Å². The van der Waals surface area contributed by atoms with Crippen LogP contribution in [0.5, 0.6) is 5.75 Å². The zero-order valence-corrected chi connectivity index (χ0v) is 8.32. The number of hydrogen-bond acceptors (Lipinski definition) is 3. The summed E-state index contributed by atoms with van der Waals surface area (Å²) < 4.78 is 5.09. The summed E-state index contributed by atoms with van der Waals surface area (Å²) >= 11 is 0. The molecule has 76 valence electrons. The second-order valence-corrected chi connectivity index (χ2v) is 3.02. The van der Waals surface area contributed by atoms with Crippen LogP contribution in [0.25, 0.3) is 0 Å². The van der Waals surface area contributed by atoms with Gasteiger partial charge in [0.15, 0.2) is 0 Å². The first-order valence-electron chi connectivity index (χ1n) is 4.54. The van der Waals surface area contributed by atoms with E-state index in [1.807, 2.05) is 13.0 Å². The third kappa shape index (κ3) is 2.05. The van der Waals surface area contributed by atoms with Crippen LogP contribution in [0.15, 0.2) is 24.3 Å². The molecular weight excluding hydrogens is 180 g/mol. The van der Waals surface area contributed by atoms with Gasteiger partial charge < -0.3 is 14.6 Å². The lowest BCUT2D eigenvalue weighted by Gasteiger charge is -2.18. The molecule has 0 N–H and O–H groups in total. The summed E-state index contributed by atoms with van der Waals surface area (Å²) in [6, 6.07) is 7.11. The van der Waals surface area contributed by atoms with E-state index in [2.05, 4.69) is 0 Å². The molecule has 0 aliphatic carbocycles. The minimum Gasteiger partial charge on any atom is -0.549 e. The molecule has 1 unspecified atom stereocenters. The molecule has 14 heavy (non-hydrogen) atoms. The van der Waals surface area contributed by atoms with E-state index in [-0.39, 0.29) is 0 Å². The molecule has 0 spiro atoms. The van der Waals surface area contributed by atoms with Crippen molar-refractivity contribution in [3.8, 4) is 5.75 Å². The normalized spacial score (nSPS) is 12.1. The minimum atomic E-state index is -1.06. The molecule has 0 aliphatic heterocycles.